The Balaban J connectivity index is 1.54. The van der Waals surface area contributed by atoms with E-state index in [4.69, 9.17) is 37.5 Å². The lowest BCUT2D eigenvalue weighted by atomic mass is 10.3. The lowest BCUT2D eigenvalue weighted by molar-refractivity contribution is -0.150. The number of ether oxygens (including phenoxy) is 2. The molecule has 1 atom stereocenters. The summed E-state index contributed by atoms with van der Waals surface area (Å²) in [5.41, 5.74) is 0. The molecule has 3 rings (SSSR count). The summed E-state index contributed by atoms with van der Waals surface area (Å²) in [5.74, 6) is -0.372. The summed E-state index contributed by atoms with van der Waals surface area (Å²) >= 11 is 11.5. The molecule has 2 aromatic carbocycles. The molecule has 0 radical (unpaired) electrons. The fourth-order valence-electron chi connectivity index (χ4n) is 2.10. The van der Waals surface area contributed by atoms with Crippen molar-refractivity contribution in [3.63, 3.8) is 0 Å². The number of benzene rings is 2. The van der Waals surface area contributed by atoms with Crippen molar-refractivity contribution in [2.45, 2.75) is 6.04 Å². The molecule has 1 saturated heterocycles. The number of hydroxylamine groups is 2. The first kappa shape index (κ1) is 19.0. The van der Waals surface area contributed by atoms with Crippen LogP contribution in [-0.2, 0) is 9.63 Å². The van der Waals surface area contributed by atoms with E-state index in [1.807, 2.05) is 0 Å². The Morgan fingerprint density at radius 2 is 1.48 bits per heavy atom. The van der Waals surface area contributed by atoms with Gasteiger partial charge in [0.25, 0.3) is 5.91 Å². The van der Waals surface area contributed by atoms with Crippen LogP contribution in [0.2, 0.25) is 10.0 Å². The van der Waals surface area contributed by atoms with Gasteiger partial charge in [0.15, 0.2) is 0 Å². The van der Waals surface area contributed by atoms with Crippen LogP contribution in [0.15, 0.2) is 48.5 Å². The minimum absolute atomic E-state index is 0.180. The van der Waals surface area contributed by atoms with Crippen molar-refractivity contribution in [1.29, 1.82) is 0 Å². The standard InChI is InChI=1S/C17H12Cl2N2O6/c18-10-1-5-12(6-2-10)26-16(23)20-14-9-25-21(15(14)22)17(24)27-13-7-3-11(19)4-8-13/h1-8,14H,9H2,(H,20,23)/t14-/m1/s1. The molecule has 0 saturated carbocycles. The van der Waals surface area contributed by atoms with Crippen molar-refractivity contribution >= 4 is 41.3 Å². The van der Waals surface area contributed by atoms with E-state index in [-0.39, 0.29) is 18.1 Å². The number of imide groups is 1. The van der Waals surface area contributed by atoms with E-state index >= 15 is 0 Å². The van der Waals surface area contributed by atoms with Gasteiger partial charge in [-0.25, -0.2) is 9.59 Å². The van der Waals surface area contributed by atoms with Crippen LogP contribution in [0, 0.1) is 0 Å². The quantitative estimate of drug-likeness (QED) is 0.832. The van der Waals surface area contributed by atoms with Crippen LogP contribution < -0.4 is 14.8 Å². The minimum atomic E-state index is -1.09. The summed E-state index contributed by atoms with van der Waals surface area (Å²) in [5, 5.41) is 3.69. The molecule has 3 amide bonds. The summed E-state index contributed by atoms with van der Waals surface area (Å²) < 4.78 is 10.0. The SMILES string of the molecule is O=C(N[C@@H]1CON(C(=O)Oc2ccc(Cl)cc2)C1=O)Oc1ccc(Cl)cc1. The number of nitrogens with zero attached hydrogens (tertiary/aromatic N) is 1. The zero-order chi connectivity index (χ0) is 19.4. The second kappa shape index (κ2) is 8.26. The minimum Gasteiger partial charge on any atom is -0.410 e. The van der Waals surface area contributed by atoms with Gasteiger partial charge in [0, 0.05) is 10.0 Å². The van der Waals surface area contributed by atoms with E-state index in [2.05, 4.69) is 5.32 Å². The zero-order valence-electron chi connectivity index (χ0n) is 13.6. The van der Waals surface area contributed by atoms with Crippen LogP contribution in [0.1, 0.15) is 0 Å². The highest BCUT2D eigenvalue weighted by atomic mass is 35.5. The van der Waals surface area contributed by atoms with Crippen molar-refractivity contribution in [2.24, 2.45) is 0 Å². The highest BCUT2D eigenvalue weighted by molar-refractivity contribution is 6.30. The molecule has 27 heavy (non-hydrogen) atoms. The lowest BCUT2D eigenvalue weighted by Gasteiger charge is -2.13. The van der Waals surface area contributed by atoms with Gasteiger partial charge >= 0.3 is 12.2 Å². The third-order valence-corrected chi connectivity index (χ3v) is 3.87. The average molecular weight is 411 g/mol. The topological polar surface area (TPSA) is 94.2 Å². The monoisotopic (exact) mass is 410 g/mol. The zero-order valence-corrected chi connectivity index (χ0v) is 15.1. The number of amides is 3. The molecule has 0 unspecified atom stereocenters. The maximum Gasteiger partial charge on any atom is 0.447 e. The molecule has 10 heteroatoms. The van der Waals surface area contributed by atoms with Crippen LogP contribution in [-0.4, -0.2) is 35.8 Å². The van der Waals surface area contributed by atoms with Gasteiger partial charge in [0.05, 0.1) is 0 Å². The summed E-state index contributed by atoms with van der Waals surface area (Å²) in [6.07, 6.45) is -1.93. The molecule has 1 fully saturated rings. The third kappa shape index (κ3) is 4.88. The fraction of sp³-hybridized carbons (Fsp3) is 0.118. The molecular weight excluding hydrogens is 399 g/mol. The van der Waals surface area contributed by atoms with Gasteiger partial charge in [-0.15, -0.1) is 5.06 Å². The molecule has 140 valence electrons. The smallest absolute Gasteiger partial charge is 0.410 e. The van der Waals surface area contributed by atoms with Crippen molar-refractivity contribution in [1.82, 2.24) is 10.4 Å². The number of hydrogen-bond acceptors (Lipinski definition) is 6. The Kier molecular flexibility index (Phi) is 5.80. The van der Waals surface area contributed by atoms with Gasteiger partial charge in [-0.05, 0) is 48.5 Å². The molecule has 8 nitrogen and oxygen atoms in total. The molecule has 2 aromatic rings. The molecule has 0 spiro atoms. The van der Waals surface area contributed by atoms with E-state index in [0.29, 0.717) is 15.1 Å². The number of carbonyl (C=O) groups is 3. The molecule has 0 aromatic heterocycles. The second-order valence-electron chi connectivity index (χ2n) is 5.29. The number of rotatable bonds is 3. The predicted octanol–water partition coefficient (Wildman–Crippen LogP) is 3.42. The third-order valence-electron chi connectivity index (χ3n) is 3.37. The van der Waals surface area contributed by atoms with Crippen LogP contribution in [0.5, 0.6) is 11.5 Å². The molecular formula is C17H12Cl2N2O6. The second-order valence-corrected chi connectivity index (χ2v) is 6.16. The van der Waals surface area contributed by atoms with Gasteiger partial charge in [-0.2, -0.15) is 0 Å². The van der Waals surface area contributed by atoms with E-state index in [0.717, 1.165) is 0 Å². The first-order valence-electron chi connectivity index (χ1n) is 7.60. The Hall–Kier alpha value is -2.81. The number of hydrogen-bond donors (Lipinski definition) is 1. The maximum absolute atomic E-state index is 12.2. The van der Waals surface area contributed by atoms with Gasteiger partial charge in [0.2, 0.25) is 0 Å². The first-order chi connectivity index (χ1) is 12.9. The van der Waals surface area contributed by atoms with Crippen LogP contribution in [0.25, 0.3) is 0 Å². The van der Waals surface area contributed by atoms with Crippen molar-refractivity contribution in [3.05, 3.63) is 58.6 Å². The van der Waals surface area contributed by atoms with Gasteiger partial charge in [-0.1, -0.05) is 23.2 Å². The Morgan fingerprint density at radius 1 is 0.963 bits per heavy atom. The first-order valence-corrected chi connectivity index (χ1v) is 8.36. The molecule has 1 aliphatic rings. The Morgan fingerprint density at radius 3 is 2.04 bits per heavy atom. The summed E-state index contributed by atoms with van der Waals surface area (Å²) in [4.78, 5) is 41.1. The normalized spacial score (nSPS) is 16.1. The lowest BCUT2D eigenvalue weighted by Crippen LogP contribution is -2.45. The largest absolute Gasteiger partial charge is 0.447 e. The van der Waals surface area contributed by atoms with E-state index in [9.17, 15) is 14.4 Å². The average Bonchev–Trinajstić information content (AvgIpc) is 2.99. The van der Waals surface area contributed by atoms with E-state index < -0.39 is 24.1 Å². The van der Waals surface area contributed by atoms with Crippen molar-refractivity contribution in [3.8, 4) is 11.5 Å². The number of nitrogens with one attached hydrogen (secondary N) is 1. The van der Waals surface area contributed by atoms with Crippen LogP contribution in [0.3, 0.4) is 0 Å². The van der Waals surface area contributed by atoms with E-state index in [1.165, 1.54) is 36.4 Å². The van der Waals surface area contributed by atoms with E-state index in [1.54, 1.807) is 12.1 Å². The van der Waals surface area contributed by atoms with Crippen LogP contribution in [0.4, 0.5) is 9.59 Å². The molecule has 1 aliphatic heterocycles. The molecule has 1 N–H and O–H groups in total. The van der Waals surface area contributed by atoms with Crippen LogP contribution >= 0.6 is 23.2 Å². The van der Waals surface area contributed by atoms with Gasteiger partial charge < -0.3 is 14.8 Å². The predicted molar refractivity (Wildman–Crippen MR) is 94.7 cm³/mol. The van der Waals surface area contributed by atoms with Gasteiger partial charge in [-0.3, -0.25) is 9.63 Å². The maximum atomic E-state index is 12.2. The number of carbonyl (C=O) groups excluding carboxylic acids is 3. The summed E-state index contributed by atoms with van der Waals surface area (Å²) in [6.45, 7) is -0.246. The number of halogens is 2. The van der Waals surface area contributed by atoms with Crippen molar-refractivity contribution < 1.29 is 28.7 Å². The summed E-state index contributed by atoms with van der Waals surface area (Å²) in [6, 6.07) is 10.9. The highest BCUT2D eigenvalue weighted by Crippen LogP contribution is 2.19. The Labute approximate surface area is 163 Å². The fourth-order valence-corrected chi connectivity index (χ4v) is 2.35. The van der Waals surface area contributed by atoms with Crippen molar-refractivity contribution in [2.75, 3.05) is 6.61 Å². The molecule has 0 aliphatic carbocycles. The molecule has 1 heterocycles. The highest BCUT2D eigenvalue weighted by Gasteiger charge is 2.40. The van der Waals surface area contributed by atoms with Gasteiger partial charge in [0.1, 0.15) is 24.1 Å². The summed E-state index contributed by atoms with van der Waals surface area (Å²) in [7, 11) is 0. The Bertz CT molecular complexity index is 857. The molecule has 0 bridgehead atoms.